The summed E-state index contributed by atoms with van der Waals surface area (Å²) < 4.78 is 0. The van der Waals surface area contributed by atoms with Crippen LogP contribution in [-0.2, 0) is 13.0 Å². The van der Waals surface area contributed by atoms with Crippen LogP contribution in [0.2, 0.25) is 0 Å². The number of aliphatic hydroxyl groups is 1. The maximum Gasteiger partial charge on any atom is 0.254 e. The summed E-state index contributed by atoms with van der Waals surface area (Å²) in [6.07, 6.45) is 0.577. The van der Waals surface area contributed by atoms with Crippen molar-refractivity contribution in [2.45, 2.75) is 19.1 Å². The molecule has 0 aliphatic carbocycles. The Morgan fingerprint density at radius 1 is 1.41 bits per heavy atom. The minimum atomic E-state index is -0.333. The molecule has 1 amide bonds. The lowest BCUT2D eigenvalue weighted by Crippen LogP contribution is -2.53. The van der Waals surface area contributed by atoms with Gasteiger partial charge in [0.05, 0.1) is 6.10 Å². The zero-order valence-electron chi connectivity index (χ0n) is 9.65. The van der Waals surface area contributed by atoms with Gasteiger partial charge in [0.15, 0.2) is 0 Å². The number of benzene rings is 1. The summed E-state index contributed by atoms with van der Waals surface area (Å²) in [5, 5.41) is 12.6. The largest absolute Gasteiger partial charge is 0.389 e. The molecule has 0 bridgehead atoms. The number of likely N-dealkylation sites (tertiary alicyclic amines) is 1. The molecule has 90 valence electrons. The fourth-order valence-corrected chi connectivity index (χ4v) is 2.52. The van der Waals surface area contributed by atoms with Crippen molar-refractivity contribution in [1.82, 2.24) is 10.2 Å². The molecule has 0 radical (unpaired) electrons. The first-order chi connectivity index (χ1) is 8.25. The monoisotopic (exact) mass is 232 g/mol. The fraction of sp³-hybridized carbons (Fsp3) is 0.462. The lowest BCUT2D eigenvalue weighted by atomic mass is 9.94. The zero-order valence-corrected chi connectivity index (χ0v) is 9.65. The number of fused-ring (bicyclic) bond motifs is 1. The SMILES string of the molecule is O=C(c1cccc2c1CCNC2)N1CC(O)C1. The number of β-amino-alcohol motifs (C(OH)–C–C–N with tert-alkyl or cyclic N) is 1. The van der Waals surface area contributed by atoms with Crippen LogP contribution in [0.1, 0.15) is 21.5 Å². The molecule has 0 spiro atoms. The Balaban J connectivity index is 1.89. The van der Waals surface area contributed by atoms with Gasteiger partial charge >= 0.3 is 0 Å². The Morgan fingerprint density at radius 2 is 2.24 bits per heavy atom. The average Bonchev–Trinajstić information content (AvgIpc) is 2.33. The van der Waals surface area contributed by atoms with Crippen molar-refractivity contribution in [3.05, 3.63) is 34.9 Å². The van der Waals surface area contributed by atoms with E-state index in [1.54, 1.807) is 4.90 Å². The van der Waals surface area contributed by atoms with Crippen LogP contribution in [-0.4, -0.2) is 41.7 Å². The van der Waals surface area contributed by atoms with Gasteiger partial charge in [-0.1, -0.05) is 12.1 Å². The molecule has 1 aromatic carbocycles. The molecule has 1 fully saturated rings. The van der Waals surface area contributed by atoms with Crippen LogP contribution in [0.3, 0.4) is 0 Å². The molecule has 2 N–H and O–H groups in total. The number of nitrogens with one attached hydrogen (secondary N) is 1. The van der Waals surface area contributed by atoms with Crippen LogP contribution in [0.25, 0.3) is 0 Å². The highest BCUT2D eigenvalue weighted by Crippen LogP contribution is 2.22. The molecule has 2 heterocycles. The van der Waals surface area contributed by atoms with Gasteiger partial charge < -0.3 is 15.3 Å². The van der Waals surface area contributed by atoms with Crippen molar-refractivity contribution in [3.63, 3.8) is 0 Å². The van der Waals surface area contributed by atoms with E-state index in [2.05, 4.69) is 11.4 Å². The normalized spacial score (nSPS) is 19.7. The third-order valence-corrected chi connectivity index (χ3v) is 3.52. The number of carbonyl (C=O) groups excluding carboxylic acids is 1. The van der Waals surface area contributed by atoms with Gasteiger partial charge in [-0.05, 0) is 30.2 Å². The molecule has 0 saturated carbocycles. The second kappa shape index (κ2) is 4.13. The molecule has 2 aliphatic rings. The van der Waals surface area contributed by atoms with Gasteiger partial charge in [0.1, 0.15) is 0 Å². The fourth-order valence-electron chi connectivity index (χ4n) is 2.52. The van der Waals surface area contributed by atoms with Crippen LogP contribution in [0, 0.1) is 0 Å². The summed E-state index contributed by atoms with van der Waals surface area (Å²) in [7, 11) is 0. The van der Waals surface area contributed by atoms with Crippen molar-refractivity contribution in [2.75, 3.05) is 19.6 Å². The minimum absolute atomic E-state index is 0.0639. The molecule has 0 unspecified atom stereocenters. The lowest BCUT2D eigenvalue weighted by molar-refractivity contribution is 0.00580. The predicted octanol–water partition coefficient (Wildman–Crippen LogP) is 0.149. The number of hydrogen-bond acceptors (Lipinski definition) is 3. The minimum Gasteiger partial charge on any atom is -0.389 e. The van der Waals surface area contributed by atoms with Crippen LogP contribution in [0.4, 0.5) is 0 Å². The maximum atomic E-state index is 12.2. The highest BCUT2D eigenvalue weighted by atomic mass is 16.3. The summed E-state index contributed by atoms with van der Waals surface area (Å²) in [4.78, 5) is 13.9. The Kier molecular flexibility index (Phi) is 2.61. The first kappa shape index (κ1) is 10.7. The first-order valence-corrected chi connectivity index (χ1v) is 6.04. The molecular weight excluding hydrogens is 216 g/mol. The van der Waals surface area contributed by atoms with E-state index in [4.69, 9.17) is 0 Å². The van der Waals surface area contributed by atoms with Crippen LogP contribution >= 0.6 is 0 Å². The molecule has 1 saturated heterocycles. The number of aliphatic hydroxyl groups excluding tert-OH is 1. The summed E-state index contributed by atoms with van der Waals surface area (Å²) >= 11 is 0. The smallest absolute Gasteiger partial charge is 0.254 e. The third kappa shape index (κ3) is 1.83. The molecule has 0 aromatic heterocycles. The van der Waals surface area contributed by atoms with E-state index in [1.165, 1.54) is 11.1 Å². The van der Waals surface area contributed by atoms with Crippen molar-refractivity contribution in [2.24, 2.45) is 0 Å². The Labute approximate surface area is 100 Å². The van der Waals surface area contributed by atoms with Crippen molar-refractivity contribution >= 4 is 5.91 Å². The molecule has 4 heteroatoms. The summed E-state index contributed by atoms with van der Waals surface area (Å²) in [6.45, 7) is 2.72. The van der Waals surface area contributed by atoms with Crippen molar-refractivity contribution in [1.29, 1.82) is 0 Å². The summed E-state index contributed by atoms with van der Waals surface area (Å²) in [5.74, 6) is 0.0639. The van der Waals surface area contributed by atoms with Crippen molar-refractivity contribution < 1.29 is 9.90 Å². The van der Waals surface area contributed by atoms with Gasteiger partial charge in [0, 0.05) is 25.2 Å². The predicted molar refractivity (Wildman–Crippen MR) is 63.8 cm³/mol. The van der Waals surface area contributed by atoms with Gasteiger partial charge in [-0.25, -0.2) is 0 Å². The summed E-state index contributed by atoms with van der Waals surface area (Å²) in [6, 6.07) is 5.91. The molecule has 4 nitrogen and oxygen atoms in total. The van der Waals surface area contributed by atoms with Gasteiger partial charge in [-0.2, -0.15) is 0 Å². The van der Waals surface area contributed by atoms with Gasteiger partial charge in [-0.3, -0.25) is 4.79 Å². The van der Waals surface area contributed by atoms with Crippen molar-refractivity contribution in [3.8, 4) is 0 Å². The van der Waals surface area contributed by atoms with Crippen LogP contribution in [0.5, 0.6) is 0 Å². The maximum absolute atomic E-state index is 12.2. The van der Waals surface area contributed by atoms with Gasteiger partial charge in [0.2, 0.25) is 0 Å². The second-order valence-electron chi connectivity index (χ2n) is 4.73. The number of rotatable bonds is 1. The number of hydrogen-bond donors (Lipinski definition) is 2. The average molecular weight is 232 g/mol. The number of carbonyl (C=O) groups is 1. The van der Waals surface area contributed by atoms with E-state index < -0.39 is 0 Å². The molecule has 3 rings (SSSR count). The Hall–Kier alpha value is -1.39. The van der Waals surface area contributed by atoms with E-state index in [0.717, 1.165) is 25.1 Å². The van der Waals surface area contributed by atoms with Crippen LogP contribution < -0.4 is 5.32 Å². The van der Waals surface area contributed by atoms with E-state index >= 15 is 0 Å². The van der Waals surface area contributed by atoms with E-state index in [-0.39, 0.29) is 12.0 Å². The molecule has 17 heavy (non-hydrogen) atoms. The number of nitrogens with zero attached hydrogens (tertiary/aromatic N) is 1. The quantitative estimate of drug-likeness (QED) is 0.724. The second-order valence-corrected chi connectivity index (χ2v) is 4.73. The molecule has 2 aliphatic heterocycles. The summed E-state index contributed by atoms with van der Waals surface area (Å²) in [5.41, 5.74) is 3.22. The first-order valence-electron chi connectivity index (χ1n) is 6.04. The lowest BCUT2D eigenvalue weighted by Gasteiger charge is -2.36. The Morgan fingerprint density at radius 3 is 3.00 bits per heavy atom. The van der Waals surface area contributed by atoms with E-state index in [1.807, 2.05) is 12.1 Å². The Bertz CT molecular complexity index is 453. The van der Waals surface area contributed by atoms with E-state index in [0.29, 0.717) is 13.1 Å². The third-order valence-electron chi connectivity index (χ3n) is 3.52. The van der Waals surface area contributed by atoms with Crippen LogP contribution in [0.15, 0.2) is 18.2 Å². The molecular formula is C13H16N2O2. The van der Waals surface area contributed by atoms with Gasteiger partial charge in [-0.15, -0.1) is 0 Å². The highest BCUT2D eigenvalue weighted by Gasteiger charge is 2.31. The standard InChI is InChI=1S/C13H16N2O2/c16-10-7-15(8-10)13(17)12-3-1-2-9-6-14-5-4-11(9)12/h1-3,10,14,16H,4-8H2. The number of amides is 1. The van der Waals surface area contributed by atoms with Gasteiger partial charge in [0.25, 0.3) is 5.91 Å². The molecule has 0 atom stereocenters. The highest BCUT2D eigenvalue weighted by molar-refractivity contribution is 5.96. The van der Waals surface area contributed by atoms with E-state index in [9.17, 15) is 9.90 Å². The zero-order chi connectivity index (χ0) is 11.8. The molecule has 1 aromatic rings. The topological polar surface area (TPSA) is 52.6 Å².